The van der Waals surface area contributed by atoms with Gasteiger partial charge in [0.1, 0.15) is 11.6 Å². The molecule has 0 aliphatic carbocycles. The van der Waals surface area contributed by atoms with Crippen molar-refractivity contribution in [3.8, 4) is 0 Å². The first-order chi connectivity index (χ1) is 10.1. The standard InChI is InChI=1S/C15H18FN5/c1-11-10-14(17)19-15(18-11)21-8-6-20(7-9-21)13-4-2-12(16)3-5-13/h2-5,10H,6-9H2,1H3,(H2,17,18,19). The van der Waals surface area contributed by atoms with Crippen molar-refractivity contribution in [3.05, 3.63) is 41.8 Å². The lowest BCUT2D eigenvalue weighted by atomic mass is 10.2. The molecule has 1 aromatic heterocycles. The van der Waals surface area contributed by atoms with Crippen molar-refractivity contribution in [1.82, 2.24) is 9.97 Å². The second-order valence-electron chi connectivity index (χ2n) is 5.18. The normalized spacial score (nSPS) is 15.3. The van der Waals surface area contributed by atoms with Gasteiger partial charge in [0.2, 0.25) is 5.95 Å². The van der Waals surface area contributed by atoms with Crippen LogP contribution in [0.3, 0.4) is 0 Å². The molecule has 0 saturated carbocycles. The smallest absolute Gasteiger partial charge is 0.227 e. The summed E-state index contributed by atoms with van der Waals surface area (Å²) in [5, 5.41) is 0. The molecule has 21 heavy (non-hydrogen) atoms. The Kier molecular flexibility index (Phi) is 3.60. The van der Waals surface area contributed by atoms with E-state index in [0.717, 1.165) is 37.6 Å². The van der Waals surface area contributed by atoms with Crippen molar-refractivity contribution in [2.75, 3.05) is 41.7 Å². The maximum Gasteiger partial charge on any atom is 0.227 e. The van der Waals surface area contributed by atoms with Crippen LogP contribution in [0.2, 0.25) is 0 Å². The molecule has 0 spiro atoms. The Bertz CT molecular complexity index is 600. The number of aryl methyl sites for hydroxylation is 1. The predicted octanol–water partition coefficient (Wildman–Crippen LogP) is 1.83. The molecule has 1 saturated heterocycles. The summed E-state index contributed by atoms with van der Waals surface area (Å²) in [6.07, 6.45) is 0. The van der Waals surface area contributed by atoms with Crippen molar-refractivity contribution < 1.29 is 4.39 Å². The summed E-state index contributed by atoms with van der Waals surface area (Å²) in [5.41, 5.74) is 7.69. The number of rotatable bonds is 2. The summed E-state index contributed by atoms with van der Waals surface area (Å²) in [5.74, 6) is 0.978. The van der Waals surface area contributed by atoms with Crippen LogP contribution >= 0.6 is 0 Å². The molecule has 1 aliphatic rings. The lowest BCUT2D eigenvalue weighted by molar-refractivity contribution is 0.623. The van der Waals surface area contributed by atoms with Gasteiger partial charge < -0.3 is 15.5 Å². The summed E-state index contributed by atoms with van der Waals surface area (Å²) >= 11 is 0. The van der Waals surface area contributed by atoms with Crippen LogP contribution in [0.5, 0.6) is 0 Å². The lowest BCUT2D eigenvalue weighted by Gasteiger charge is -2.36. The van der Waals surface area contributed by atoms with Crippen molar-refractivity contribution in [3.63, 3.8) is 0 Å². The first kappa shape index (κ1) is 13.6. The molecule has 110 valence electrons. The zero-order valence-electron chi connectivity index (χ0n) is 12.0. The number of halogens is 1. The minimum Gasteiger partial charge on any atom is -0.384 e. The molecular weight excluding hydrogens is 269 g/mol. The van der Waals surface area contributed by atoms with Crippen molar-refractivity contribution >= 4 is 17.5 Å². The number of aromatic nitrogens is 2. The monoisotopic (exact) mass is 287 g/mol. The number of nitrogens with two attached hydrogens (primary N) is 1. The van der Waals surface area contributed by atoms with Gasteiger partial charge >= 0.3 is 0 Å². The predicted molar refractivity (Wildman–Crippen MR) is 82.0 cm³/mol. The molecule has 1 aliphatic heterocycles. The highest BCUT2D eigenvalue weighted by Crippen LogP contribution is 2.19. The van der Waals surface area contributed by atoms with Gasteiger partial charge in [0.25, 0.3) is 0 Å². The van der Waals surface area contributed by atoms with Crippen LogP contribution in [-0.4, -0.2) is 36.1 Å². The molecule has 0 atom stereocenters. The summed E-state index contributed by atoms with van der Waals surface area (Å²) in [6, 6.07) is 8.37. The third-order valence-corrected chi connectivity index (χ3v) is 3.62. The third kappa shape index (κ3) is 3.04. The zero-order chi connectivity index (χ0) is 14.8. The van der Waals surface area contributed by atoms with Gasteiger partial charge in [-0.3, -0.25) is 0 Å². The van der Waals surface area contributed by atoms with E-state index in [1.807, 2.05) is 19.1 Å². The van der Waals surface area contributed by atoms with Crippen molar-refractivity contribution in [2.45, 2.75) is 6.92 Å². The Hall–Kier alpha value is -2.37. The summed E-state index contributed by atoms with van der Waals surface area (Å²) < 4.78 is 13.0. The van der Waals surface area contributed by atoms with E-state index in [0.29, 0.717) is 11.8 Å². The van der Waals surface area contributed by atoms with Crippen LogP contribution in [0.1, 0.15) is 5.69 Å². The Morgan fingerprint density at radius 2 is 1.62 bits per heavy atom. The number of nitrogen functional groups attached to an aromatic ring is 1. The summed E-state index contributed by atoms with van der Waals surface area (Å²) in [7, 11) is 0. The number of hydrogen-bond acceptors (Lipinski definition) is 5. The Balaban J connectivity index is 1.68. The second-order valence-corrected chi connectivity index (χ2v) is 5.18. The van der Waals surface area contributed by atoms with Gasteiger partial charge in [-0.1, -0.05) is 0 Å². The molecule has 1 aromatic carbocycles. The SMILES string of the molecule is Cc1cc(N)nc(N2CCN(c3ccc(F)cc3)CC2)n1. The molecule has 6 heteroatoms. The van der Waals surface area contributed by atoms with Crippen LogP contribution in [-0.2, 0) is 0 Å². The van der Waals surface area contributed by atoms with Gasteiger partial charge in [-0.05, 0) is 31.2 Å². The van der Waals surface area contributed by atoms with E-state index in [1.165, 1.54) is 12.1 Å². The van der Waals surface area contributed by atoms with E-state index in [-0.39, 0.29) is 5.82 Å². The number of nitrogens with zero attached hydrogens (tertiary/aromatic N) is 4. The second kappa shape index (κ2) is 5.55. The molecule has 1 fully saturated rings. The first-order valence-corrected chi connectivity index (χ1v) is 6.98. The fraction of sp³-hybridized carbons (Fsp3) is 0.333. The molecule has 0 bridgehead atoms. The molecule has 2 N–H and O–H groups in total. The molecule has 3 rings (SSSR count). The minimum atomic E-state index is -0.207. The topological polar surface area (TPSA) is 58.3 Å². The van der Waals surface area contributed by atoms with Crippen molar-refractivity contribution in [1.29, 1.82) is 0 Å². The van der Waals surface area contributed by atoms with E-state index in [9.17, 15) is 4.39 Å². The van der Waals surface area contributed by atoms with Crippen LogP contribution in [0, 0.1) is 12.7 Å². The molecule has 0 radical (unpaired) electrons. The van der Waals surface area contributed by atoms with Crippen LogP contribution < -0.4 is 15.5 Å². The zero-order valence-corrected chi connectivity index (χ0v) is 12.0. The van der Waals surface area contributed by atoms with E-state index >= 15 is 0 Å². The van der Waals surface area contributed by atoms with Gasteiger partial charge in [0, 0.05) is 43.6 Å². The van der Waals surface area contributed by atoms with E-state index in [4.69, 9.17) is 5.73 Å². The Morgan fingerprint density at radius 3 is 2.24 bits per heavy atom. The molecule has 2 heterocycles. The average Bonchev–Trinajstić information content (AvgIpc) is 2.47. The summed E-state index contributed by atoms with van der Waals surface area (Å²) in [4.78, 5) is 13.1. The van der Waals surface area contributed by atoms with Crippen LogP contribution in [0.4, 0.5) is 21.8 Å². The summed E-state index contributed by atoms with van der Waals surface area (Å²) in [6.45, 7) is 5.25. The number of hydrogen-bond donors (Lipinski definition) is 1. The number of anilines is 3. The molecular formula is C15H18FN5. The van der Waals surface area contributed by atoms with E-state index < -0.39 is 0 Å². The first-order valence-electron chi connectivity index (χ1n) is 6.98. The minimum absolute atomic E-state index is 0.207. The van der Waals surface area contributed by atoms with Crippen molar-refractivity contribution in [2.24, 2.45) is 0 Å². The van der Waals surface area contributed by atoms with Gasteiger partial charge in [-0.25, -0.2) is 9.37 Å². The molecule has 2 aromatic rings. The van der Waals surface area contributed by atoms with Gasteiger partial charge in [-0.15, -0.1) is 0 Å². The lowest BCUT2D eigenvalue weighted by Crippen LogP contribution is -2.47. The Morgan fingerprint density at radius 1 is 1.00 bits per heavy atom. The maximum absolute atomic E-state index is 13.0. The highest BCUT2D eigenvalue weighted by Gasteiger charge is 2.19. The molecule has 0 unspecified atom stereocenters. The average molecular weight is 287 g/mol. The fourth-order valence-corrected chi connectivity index (χ4v) is 2.53. The molecule has 5 nitrogen and oxygen atoms in total. The highest BCUT2D eigenvalue weighted by molar-refractivity contribution is 5.49. The maximum atomic E-state index is 13.0. The fourth-order valence-electron chi connectivity index (χ4n) is 2.53. The quantitative estimate of drug-likeness (QED) is 0.913. The third-order valence-electron chi connectivity index (χ3n) is 3.62. The number of benzene rings is 1. The molecule has 0 amide bonds. The van der Waals surface area contributed by atoms with Gasteiger partial charge in [-0.2, -0.15) is 4.98 Å². The largest absolute Gasteiger partial charge is 0.384 e. The number of piperazine rings is 1. The van der Waals surface area contributed by atoms with Crippen LogP contribution in [0.15, 0.2) is 30.3 Å². The van der Waals surface area contributed by atoms with Gasteiger partial charge in [0.05, 0.1) is 0 Å². The van der Waals surface area contributed by atoms with Gasteiger partial charge in [0.15, 0.2) is 0 Å². The Labute approximate surface area is 123 Å². The van der Waals surface area contributed by atoms with Crippen LogP contribution in [0.25, 0.3) is 0 Å². The van der Waals surface area contributed by atoms with E-state index in [2.05, 4.69) is 19.8 Å². The van der Waals surface area contributed by atoms with E-state index in [1.54, 1.807) is 6.07 Å². The highest BCUT2D eigenvalue weighted by atomic mass is 19.1.